The van der Waals surface area contributed by atoms with Crippen molar-refractivity contribution in [2.45, 2.75) is 40.0 Å². The number of aromatic nitrogens is 2. The van der Waals surface area contributed by atoms with Crippen molar-refractivity contribution >= 4 is 11.6 Å². The summed E-state index contributed by atoms with van der Waals surface area (Å²) >= 11 is 0. The van der Waals surface area contributed by atoms with Gasteiger partial charge in [-0.1, -0.05) is 35.0 Å². The molecule has 5 nitrogen and oxygen atoms in total. The number of rotatable bonds is 3. The third kappa shape index (κ3) is 3.37. The van der Waals surface area contributed by atoms with Crippen LogP contribution in [-0.4, -0.2) is 22.6 Å². The number of hydrogen-bond donors (Lipinski definition) is 0. The Bertz CT molecular complexity index is 1000. The lowest BCUT2D eigenvalue weighted by Gasteiger charge is -2.17. The molecule has 138 valence electrons. The van der Waals surface area contributed by atoms with E-state index in [0.29, 0.717) is 24.7 Å². The highest BCUT2D eigenvalue weighted by Crippen LogP contribution is 2.33. The van der Waals surface area contributed by atoms with Gasteiger partial charge in [0.15, 0.2) is 0 Å². The molecule has 0 aliphatic carbocycles. The molecule has 0 bridgehead atoms. The molecule has 1 aromatic heterocycles. The topological polar surface area (TPSA) is 59.2 Å². The number of amides is 1. The van der Waals surface area contributed by atoms with E-state index in [1.807, 2.05) is 49.9 Å². The molecule has 1 atom stereocenters. The Morgan fingerprint density at radius 3 is 2.44 bits per heavy atom. The van der Waals surface area contributed by atoms with E-state index in [2.05, 4.69) is 29.2 Å². The molecular weight excluding hydrogens is 338 g/mol. The zero-order chi connectivity index (χ0) is 19.1. The van der Waals surface area contributed by atoms with Gasteiger partial charge in [-0.3, -0.25) is 4.79 Å². The third-order valence-corrected chi connectivity index (χ3v) is 5.06. The predicted octanol–water partition coefficient (Wildman–Crippen LogP) is 4.49. The zero-order valence-electron chi connectivity index (χ0n) is 16.1. The number of nitrogens with zero attached hydrogens (tertiary/aromatic N) is 3. The first-order chi connectivity index (χ1) is 12.9. The lowest BCUT2D eigenvalue weighted by molar-refractivity contribution is -0.117. The largest absolute Gasteiger partial charge is 0.339 e. The minimum atomic E-state index is -0.0784. The second-order valence-electron chi connectivity index (χ2n) is 7.53. The lowest BCUT2D eigenvalue weighted by atomic mass is 10.1. The smallest absolute Gasteiger partial charge is 0.232 e. The average molecular weight is 361 g/mol. The second-order valence-corrected chi connectivity index (χ2v) is 7.53. The van der Waals surface area contributed by atoms with E-state index in [1.165, 1.54) is 5.56 Å². The van der Waals surface area contributed by atoms with Crippen LogP contribution < -0.4 is 4.90 Å². The molecule has 3 aromatic rings. The molecule has 0 spiro atoms. The fourth-order valence-corrected chi connectivity index (χ4v) is 3.80. The summed E-state index contributed by atoms with van der Waals surface area (Å²) in [5.74, 6) is 1.13. The first kappa shape index (κ1) is 17.5. The van der Waals surface area contributed by atoms with Crippen molar-refractivity contribution in [2.75, 3.05) is 11.4 Å². The van der Waals surface area contributed by atoms with Crippen LogP contribution in [0, 0.1) is 27.7 Å². The molecule has 1 amide bonds. The van der Waals surface area contributed by atoms with Crippen LogP contribution in [0.15, 0.2) is 40.9 Å². The molecule has 2 aromatic carbocycles. The molecule has 1 aliphatic heterocycles. The summed E-state index contributed by atoms with van der Waals surface area (Å²) < 4.78 is 5.53. The summed E-state index contributed by atoms with van der Waals surface area (Å²) in [7, 11) is 0. The van der Waals surface area contributed by atoms with Gasteiger partial charge in [0.05, 0.1) is 5.92 Å². The molecule has 4 rings (SSSR count). The van der Waals surface area contributed by atoms with Crippen molar-refractivity contribution in [1.82, 2.24) is 10.1 Å². The first-order valence-electron chi connectivity index (χ1n) is 9.20. The van der Waals surface area contributed by atoms with Gasteiger partial charge in [-0.25, -0.2) is 0 Å². The standard InChI is InChI=1S/C22H23N3O2/c1-13-5-6-19(16(4)8-13)21-23-22(27-24-21)17-11-20(26)25(12-17)18-9-14(2)7-15(3)10-18/h5-10,17H,11-12H2,1-4H3. The third-order valence-electron chi connectivity index (χ3n) is 5.06. The van der Waals surface area contributed by atoms with Crippen LogP contribution in [0.4, 0.5) is 5.69 Å². The number of aryl methyl sites for hydroxylation is 4. The molecule has 0 saturated carbocycles. The van der Waals surface area contributed by atoms with Crippen LogP contribution in [0.1, 0.15) is 40.5 Å². The summed E-state index contributed by atoms with van der Waals surface area (Å²) in [6.07, 6.45) is 0.390. The maximum Gasteiger partial charge on any atom is 0.232 e. The van der Waals surface area contributed by atoms with Crippen LogP contribution in [0.25, 0.3) is 11.4 Å². The molecule has 1 unspecified atom stereocenters. The van der Waals surface area contributed by atoms with E-state index in [9.17, 15) is 4.79 Å². The zero-order valence-corrected chi connectivity index (χ0v) is 16.1. The maximum absolute atomic E-state index is 12.6. The summed E-state index contributed by atoms with van der Waals surface area (Å²) in [4.78, 5) is 19.0. The van der Waals surface area contributed by atoms with Crippen LogP contribution in [0.5, 0.6) is 0 Å². The van der Waals surface area contributed by atoms with E-state index in [1.54, 1.807) is 0 Å². The van der Waals surface area contributed by atoms with E-state index in [4.69, 9.17) is 4.52 Å². The van der Waals surface area contributed by atoms with Crippen LogP contribution in [-0.2, 0) is 4.79 Å². The molecule has 0 N–H and O–H groups in total. The molecule has 5 heteroatoms. The van der Waals surface area contributed by atoms with Crippen molar-refractivity contribution < 1.29 is 9.32 Å². The number of benzene rings is 2. The number of carbonyl (C=O) groups is 1. The Morgan fingerprint density at radius 1 is 1.00 bits per heavy atom. The summed E-state index contributed by atoms with van der Waals surface area (Å²) in [6.45, 7) is 8.76. The Morgan fingerprint density at radius 2 is 1.74 bits per heavy atom. The van der Waals surface area contributed by atoms with Crippen molar-refractivity contribution in [3.63, 3.8) is 0 Å². The van der Waals surface area contributed by atoms with Gasteiger partial charge in [0.2, 0.25) is 17.6 Å². The number of anilines is 1. The van der Waals surface area contributed by atoms with E-state index in [-0.39, 0.29) is 11.8 Å². The summed E-state index contributed by atoms with van der Waals surface area (Å²) in [5, 5.41) is 4.16. The van der Waals surface area contributed by atoms with Crippen LogP contribution in [0.2, 0.25) is 0 Å². The first-order valence-corrected chi connectivity index (χ1v) is 9.20. The molecule has 0 radical (unpaired) electrons. The number of hydrogen-bond acceptors (Lipinski definition) is 4. The Hall–Kier alpha value is -2.95. The van der Waals surface area contributed by atoms with Crippen molar-refractivity contribution in [1.29, 1.82) is 0 Å². The Balaban J connectivity index is 1.58. The minimum Gasteiger partial charge on any atom is -0.339 e. The SMILES string of the molecule is Cc1cc(C)cc(N2CC(c3nc(-c4ccc(C)cc4C)no3)CC2=O)c1. The van der Waals surface area contributed by atoms with Gasteiger partial charge >= 0.3 is 0 Å². The summed E-state index contributed by atoms with van der Waals surface area (Å²) in [6, 6.07) is 12.4. The summed E-state index contributed by atoms with van der Waals surface area (Å²) in [5.41, 5.74) is 6.51. The highest BCUT2D eigenvalue weighted by atomic mass is 16.5. The van der Waals surface area contributed by atoms with Gasteiger partial charge in [0.25, 0.3) is 0 Å². The fraction of sp³-hybridized carbons (Fsp3) is 0.318. The highest BCUT2D eigenvalue weighted by Gasteiger charge is 2.35. The minimum absolute atomic E-state index is 0.0784. The molecule has 1 fully saturated rings. The van der Waals surface area contributed by atoms with Gasteiger partial charge in [0, 0.05) is 24.2 Å². The van der Waals surface area contributed by atoms with Gasteiger partial charge in [-0.15, -0.1) is 0 Å². The highest BCUT2D eigenvalue weighted by molar-refractivity contribution is 5.96. The van der Waals surface area contributed by atoms with Crippen LogP contribution >= 0.6 is 0 Å². The molecule has 1 aliphatic rings. The fourth-order valence-electron chi connectivity index (χ4n) is 3.80. The van der Waals surface area contributed by atoms with Crippen molar-refractivity contribution in [3.8, 4) is 11.4 Å². The molecule has 1 saturated heterocycles. The van der Waals surface area contributed by atoms with Crippen LogP contribution in [0.3, 0.4) is 0 Å². The number of carbonyl (C=O) groups excluding carboxylic acids is 1. The normalized spacial score (nSPS) is 17.0. The molecule has 2 heterocycles. The lowest BCUT2D eigenvalue weighted by Crippen LogP contribution is -2.24. The van der Waals surface area contributed by atoms with Gasteiger partial charge in [-0.05, 0) is 56.5 Å². The van der Waals surface area contributed by atoms with E-state index < -0.39 is 0 Å². The van der Waals surface area contributed by atoms with E-state index in [0.717, 1.165) is 27.9 Å². The van der Waals surface area contributed by atoms with Crippen molar-refractivity contribution in [2.24, 2.45) is 0 Å². The Labute approximate surface area is 159 Å². The van der Waals surface area contributed by atoms with Gasteiger partial charge in [0.1, 0.15) is 0 Å². The monoisotopic (exact) mass is 361 g/mol. The Kier molecular flexibility index (Phi) is 4.30. The second kappa shape index (κ2) is 6.65. The average Bonchev–Trinajstić information content (AvgIpc) is 3.20. The van der Waals surface area contributed by atoms with Crippen molar-refractivity contribution in [3.05, 3.63) is 64.5 Å². The van der Waals surface area contributed by atoms with Gasteiger partial charge in [-0.2, -0.15) is 4.98 Å². The molecular formula is C22H23N3O2. The predicted molar refractivity (Wildman–Crippen MR) is 105 cm³/mol. The van der Waals surface area contributed by atoms with Gasteiger partial charge < -0.3 is 9.42 Å². The quantitative estimate of drug-likeness (QED) is 0.690. The molecule has 27 heavy (non-hydrogen) atoms. The van der Waals surface area contributed by atoms with E-state index >= 15 is 0 Å². The maximum atomic E-state index is 12.6.